The Morgan fingerprint density at radius 1 is 0.772 bits per heavy atom. The van der Waals surface area contributed by atoms with Crippen molar-refractivity contribution in [2.24, 2.45) is 0 Å². The van der Waals surface area contributed by atoms with Crippen LogP contribution in [-0.4, -0.2) is 74.6 Å². The number of halogens is 2. The van der Waals surface area contributed by atoms with Gasteiger partial charge in [0, 0.05) is 54.7 Å². The zero-order valence-electron chi connectivity index (χ0n) is 31.7. The highest BCUT2D eigenvalue weighted by molar-refractivity contribution is 6.35. The summed E-state index contributed by atoms with van der Waals surface area (Å²) in [4.78, 5) is 21.9. The Morgan fingerprint density at radius 3 is 2.18 bits per heavy atom. The molecule has 12 nitrogen and oxygen atoms in total. The van der Waals surface area contributed by atoms with Gasteiger partial charge in [-0.3, -0.25) is 0 Å². The predicted octanol–water partition coefficient (Wildman–Crippen LogP) is 7.41. The first-order valence-electron chi connectivity index (χ1n) is 19.5. The van der Waals surface area contributed by atoms with E-state index < -0.39 is 5.79 Å². The molecule has 2 fully saturated rings. The fraction of sp³-hybridized carbons (Fsp3) is 0.349. The number of rotatable bonds is 16. The normalized spacial score (nSPS) is 18.3. The molecule has 0 unspecified atom stereocenters. The first kappa shape index (κ1) is 38.7. The van der Waals surface area contributed by atoms with Crippen LogP contribution in [0.3, 0.4) is 0 Å². The molecule has 2 atom stereocenters. The average Bonchev–Trinajstić information content (AvgIpc) is 4.00. The van der Waals surface area contributed by atoms with Gasteiger partial charge in [-0.05, 0) is 85.5 Å². The van der Waals surface area contributed by atoms with Crippen LogP contribution >= 0.6 is 23.2 Å². The first-order valence-corrected chi connectivity index (χ1v) is 20.3. The van der Waals surface area contributed by atoms with Crippen LogP contribution in [0.5, 0.6) is 5.75 Å². The van der Waals surface area contributed by atoms with Crippen LogP contribution in [0.15, 0.2) is 121 Å². The molecule has 4 aromatic carbocycles. The molecule has 0 spiro atoms. The van der Waals surface area contributed by atoms with Crippen molar-refractivity contribution in [3.63, 3.8) is 0 Å². The molecule has 0 bridgehead atoms. The van der Waals surface area contributed by atoms with E-state index in [1.54, 1.807) is 38.7 Å². The van der Waals surface area contributed by atoms with E-state index >= 15 is 0 Å². The van der Waals surface area contributed by atoms with Crippen molar-refractivity contribution >= 4 is 34.6 Å². The maximum Gasteiger partial charge on any atom is 0.350 e. The van der Waals surface area contributed by atoms with E-state index in [2.05, 4.69) is 79.6 Å². The third-order valence-corrected chi connectivity index (χ3v) is 11.2. The summed E-state index contributed by atoms with van der Waals surface area (Å²) in [6.45, 7) is 5.05. The SMILES string of the molecule is O=c1n(-c2ccc(N3CCN(c4ccc(OC[C@@H]5CO[C@@](Cn6cncn6)(c6ccc(Cl)cc6Cl)O5)cc4)CC3)cc2)cnn1CCCCCCc1ccccc1. The average molecular weight is 810 g/mol. The van der Waals surface area contributed by atoms with Crippen LogP contribution < -0.4 is 20.2 Å². The van der Waals surface area contributed by atoms with E-state index in [1.165, 1.54) is 11.9 Å². The molecule has 2 saturated heterocycles. The molecule has 2 aliphatic rings. The van der Waals surface area contributed by atoms with Gasteiger partial charge in [0.25, 0.3) is 0 Å². The van der Waals surface area contributed by atoms with Gasteiger partial charge in [-0.1, -0.05) is 72.4 Å². The largest absolute Gasteiger partial charge is 0.491 e. The van der Waals surface area contributed by atoms with Gasteiger partial charge in [0.15, 0.2) is 0 Å². The number of piperazine rings is 1. The Bertz CT molecular complexity index is 2240. The summed E-state index contributed by atoms with van der Waals surface area (Å²) in [7, 11) is 0. The highest BCUT2D eigenvalue weighted by Crippen LogP contribution is 2.40. The number of hydrogen-bond donors (Lipinski definition) is 0. The van der Waals surface area contributed by atoms with Crippen LogP contribution in [0, 0.1) is 0 Å². The van der Waals surface area contributed by atoms with Crippen molar-refractivity contribution in [2.45, 2.75) is 57.1 Å². The van der Waals surface area contributed by atoms with Crippen molar-refractivity contribution in [2.75, 3.05) is 49.2 Å². The first-order chi connectivity index (χ1) is 27.9. The lowest BCUT2D eigenvalue weighted by Crippen LogP contribution is -2.46. The number of aryl methyl sites for hydroxylation is 2. The third kappa shape index (κ3) is 9.37. The standard InChI is InChI=1S/C43H46Cl2N8O4/c44-34-11-20-40(41(45)26-34)43(29-51-31-46-30-47-51)56-28-39(57-43)27-55-38-18-16-36(17-19-38)50-24-22-49(23-25-50)35-12-14-37(15-13-35)52-32-48-53(42(52)54)21-7-2-1-4-8-33-9-5-3-6-10-33/h3,5-6,9-20,26,30-32,39H,1-2,4,7-8,21-25,27-29H2/t39-,43-/m1/s1. The molecule has 4 heterocycles. The molecule has 0 radical (unpaired) electrons. The zero-order chi connectivity index (χ0) is 39.0. The number of benzene rings is 4. The Labute approximate surface area is 342 Å². The van der Waals surface area contributed by atoms with E-state index in [1.807, 2.05) is 30.3 Å². The molecule has 0 amide bonds. The molecular weight excluding hydrogens is 763 g/mol. The summed E-state index contributed by atoms with van der Waals surface area (Å²) in [6, 6.07) is 32.2. The second-order valence-corrected chi connectivity index (χ2v) is 15.3. The smallest absolute Gasteiger partial charge is 0.350 e. The fourth-order valence-corrected chi connectivity index (χ4v) is 8.08. The predicted molar refractivity (Wildman–Crippen MR) is 222 cm³/mol. The molecule has 296 valence electrons. The van der Waals surface area contributed by atoms with Gasteiger partial charge in [0.1, 0.15) is 44.0 Å². The Morgan fingerprint density at radius 2 is 1.47 bits per heavy atom. The maximum absolute atomic E-state index is 13.1. The van der Waals surface area contributed by atoms with Crippen LogP contribution in [-0.2, 0) is 34.8 Å². The lowest BCUT2D eigenvalue weighted by molar-refractivity contribution is -0.190. The van der Waals surface area contributed by atoms with E-state index in [4.69, 9.17) is 37.4 Å². The van der Waals surface area contributed by atoms with Crippen LogP contribution in [0.2, 0.25) is 10.0 Å². The van der Waals surface area contributed by atoms with Crippen LogP contribution in [0.4, 0.5) is 11.4 Å². The summed E-state index contributed by atoms with van der Waals surface area (Å²) in [5.41, 5.74) is 5.05. The van der Waals surface area contributed by atoms with E-state index in [9.17, 15) is 4.79 Å². The lowest BCUT2D eigenvalue weighted by atomic mass is 10.1. The van der Waals surface area contributed by atoms with Gasteiger partial charge in [0.2, 0.25) is 5.79 Å². The molecule has 6 aromatic rings. The molecule has 57 heavy (non-hydrogen) atoms. The van der Waals surface area contributed by atoms with Gasteiger partial charge < -0.3 is 24.0 Å². The molecule has 14 heteroatoms. The van der Waals surface area contributed by atoms with Gasteiger partial charge in [-0.15, -0.1) is 0 Å². The molecule has 0 saturated carbocycles. The van der Waals surface area contributed by atoms with Crippen molar-refractivity contribution in [1.29, 1.82) is 0 Å². The van der Waals surface area contributed by atoms with E-state index in [0.717, 1.165) is 81.1 Å². The molecular formula is C43H46Cl2N8O4. The number of ether oxygens (including phenoxy) is 3. The summed E-state index contributed by atoms with van der Waals surface area (Å²) in [5, 5.41) is 9.61. The van der Waals surface area contributed by atoms with Gasteiger partial charge in [-0.25, -0.2) is 23.7 Å². The fourth-order valence-electron chi connectivity index (χ4n) is 7.53. The number of unbranched alkanes of at least 4 members (excludes halogenated alkanes) is 3. The van der Waals surface area contributed by atoms with Crippen molar-refractivity contribution in [3.05, 3.63) is 148 Å². The van der Waals surface area contributed by atoms with E-state index in [-0.39, 0.29) is 18.3 Å². The summed E-state index contributed by atoms with van der Waals surface area (Å²) < 4.78 is 23.8. The van der Waals surface area contributed by atoms with Crippen LogP contribution in [0.25, 0.3) is 5.69 Å². The van der Waals surface area contributed by atoms with Gasteiger partial charge >= 0.3 is 5.69 Å². The van der Waals surface area contributed by atoms with Gasteiger partial charge in [0.05, 0.1) is 17.3 Å². The minimum atomic E-state index is -1.16. The Balaban J connectivity index is 0.787. The molecule has 0 N–H and O–H groups in total. The summed E-state index contributed by atoms with van der Waals surface area (Å²) in [6.07, 6.45) is 9.79. The number of aromatic nitrogens is 6. The van der Waals surface area contributed by atoms with Crippen molar-refractivity contribution < 1.29 is 14.2 Å². The third-order valence-electron chi connectivity index (χ3n) is 10.6. The monoisotopic (exact) mass is 808 g/mol. The topological polar surface area (TPSA) is 105 Å². The summed E-state index contributed by atoms with van der Waals surface area (Å²) >= 11 is 12.8. The zero-order valence-corrected chi connectivity index (χ0v) is 33.2. The lowest BCUT2D eigenvalue weighted by Gasteiger charge is -2.37. The maximum atomic E-state index is 13.1. The highest BCUT2D eigenvalue weighted by Gasteiger charge is 2.45. The summed E-state index contributed by atoms with van der Waals surface area (Å²) in [5.74, 6) is -0.414. The minimum Gasteiger partial charge on any atom is -0.491 e. The second-order valence-electron chi connectivity index (χ2n) is 14.5. The quantitative estimate of drug-likeness (QED) is 0.0926. The van der Waals surface area contributed by atoms with Crippen molar-refractivity contribution in [3.8, 4) is 11.4 Å². The number of anilines is 2. The van der Waals surface area contributed by atoms with E-state index in [0.29, 0.717) is 35.4 Å². The minimum absolute atomic E-state index is 0.0983. The number of hydrogen-bond acceptors (Lipinski definition) is 9. The second kappa shape index (κ2) is 18.0. The Kier molecular flexibility index (Phi) is 12.2. The van der Waals surface area contributed by atoms with Gasteiger partial charge in [-0.2, -0.15) is 10.2 Å². The molecule has 8 rings (SSSR count). The highest BCUT2D eigenvalue weighted by atomic mass is 35.5. The Hall–Kier alpha value is -5.14. The van der Waals surface area contributed by atoms with Crippen molar-refractivity contribution in [1.82, 2.24) is 29.1 Å². The molecule has 2 aliphatic heterocycles. The van der Waals surface area contributed by atoms with Crippen LogP contribution in [0.1, 0.15) is 36.8 Å². The molecule has 0 aliphatic carbocycles. The number of nitrogens with zero attached hydrogens (tertiary/aromatic N) is 8. The molecule has 2 aromatic heterocycles.